The fourth-order valence-corrected chi connectivity index (χ4v) is 1.33. The first kappa shape index (κ1) is 12.4. The number of rotatable bonds is 1. The zero-order valence-corrected chi connectivity index (χ0v) is 8.94. The van der Waals surface area contributed by atoms with E-state index in [-0.39, 0.29) is 5.82 Å². The van der Waals surface area contributed by atoms with Crippen molar-refractivity contribution in [2.75, 3.05) is 12.8 Å². The van der Waals surface area contributed by atoms with Gasteiger partial charge in [0, 0.05) is 19.0 Å². The van der Waals surface area contributed by atoms with Gasteiger partial charge in [-0.2, -0.15) is 0 Å². The van der Waals surface area contributed by atoms with Crippen molar-refractivity contribution in [3.8, 4) is 0 Å². The molecule has 5 heteroatoms. The third-order valence-electron chi connectivity index (χ3n) is 2.10. The van der Waals surface area contributed by atoms with E-state index in [2.05, 4.69) is 4.98 Å². The number of aliphatic hydroxyl groups excluding tert-OH is 1. The SMILES string of the molecule is CO.NCc1ccc2cc(F)c(N)nc2c1. The number of fused-ring (bicyclic) bond motifs is 1. The van der Waals surface area contributed by atoms with Gasteiger partial charge in [-0.3, -0.25) is 0 Å². The molecule has 2 rings (SSSR count). The van der Waals surface area contributed by atoms with Gasteiger partial charge in [-0.1, -0.05) is 12.1 Å². The maximum atomic E-state index is 13.0. The third kappa shape index (κ3) is 2.44. The third-order valence-corrected chi connectivity index (χ3v) is 2.10. The number of aromatic nitrogens is 1. The van der Waals surface area contributed by atoms with Crippen molar-refractivity contribution in [3.63, 3.8) is 0 Å². The van der Waals surface area contributed by atoms with Crippen LogP contribution in [0.2, 0.25) is 0 Å². The zero-order valence-electron chi connectivity index (χ0n) is 8.94. The summed E-state index contributed by atoms with van der Waals surface area (Å²) in [5.41, 5.74) is 12.5. The molecule has 0 bridgehead atoms. The Morgan fingerprint density at radius 3 is 2.62 bits per heavy atom. The highest BCUT2D eigenvalue weighted by Crippen LogP contribution is 2.18. The molecule has 0 aliphatic rings. The van der Waals surface area contributed by atoms with Crippen LogP contribution in [0.5, 0.6) is 0 Å². The van der Waals surface area contributed by atoms with Crippen LogP contribution in [-0.2, 0) is 6.54 Å². The smallest absolute Gasteiger partial charge is 0.165 e. The Labute approximate surface area is 92.7 Å². The molecule has 2 aromatic rings. The maximum Gasteiger partial charge on any atom is 0.165 e. The Morgan fingerprint density at radius 1 is 1.31 bits per heavy atom. The van der Waals surface area contributed by atoms with E-state index in [1.54, 1.807) is 6.07 Å². The quantitative estimate of drug-likeness (QED) is 0.674. The van der Waals surface area contributed by atoms with Crippen LogP contribution >= 0.6 is 0 Å². The van der Waals surface area contributed by atoms with E-state index in [0.717, 1.165) is 18.1 Å². The zero-order chi connectivity index (χ0) is 12.1. The van der Waals surface area contributed by atoms with Gasteiger partial charge in [0.25, 0.3) is 0 Å². The van der Waals surface area contributed by atoms with E-state index in [1.807, 2.05) is 12.1 Å². The minimum absolute atomic E-state index is 0.0772. The molecule has 1 heterocycles. The first-order valence-electron chi connectivity index (χ1n) is 4.70. The largest absolute Gasteiger partial charge is 0.400 e. The second-order valence-corrected chi connectivity index (χ2v) is 3.09. The molecular formula is C11H14FN3O. The minimum atomic E-state index is -0.488. The predicted molar refractivity (Wildman–Crippen MR) is 62.1 cm³/mol. The predicted octanol–water partition coefficient (Wildman–Crippen LogP) is 1.02. The second kappa shape index (κ2) is 5.39. The van der Waals surface area contributed by atoms with Crippen LogP contribution in [0.15, 0.2) is 24.3 Å². The van der Waals surface area contributed by atoms with Gasteiger partial charge in [-0.05, 0) is 17.7 Å². The van der Waals surface area contributed by atoms with Crippen molar-refractivity contribution in [2.24, 2.45) is 5.73 Å². The summed E-state index contributed by atoms with van der Waals surface area (Å²) in [5, 5.41) is 7.73. The van der Waals surface area contributed by atoms with Crippen molar-refractivity contribution >= 4 is 16.7 Å². The van der Waals surface area contributed by atoms with Crippen LogP contribution in [0.4, 0.5) is 10.2 Å². The number of benzene rings is 1. The number of pyridine rings is 1. The molecule has 16 heavy (non-hydrogen) atoms. The number of nitrogens with two attached hydrogens (primary N) is 2. The van der Waals surface area contributed by atoms with Crippen molar-refractivity contribution in [2.45, 2.75) is 6.54 Å². The molecule has 0 unspecified atom stereocenters. The molecule has 0 atom stereocenters. The first-order chi connectivity index (χ1) is 7.70. The molecule has 1 aromatic carbocycles. The van der Waals surface area contributed by atoms with Crippen LogP contribution in [-0.4, -0.2) is 17.2 Å². The van der Waals surface area contributed by atoms with Crippen LogP contribution in [0.25, 0.3) is 10.9 Å². The van der Waals surface area contributed by atoms with Gasteiger partial charge in [0.05, 0.1) is 5.52 Å². The van der Waals surface area contributed by atoms with E-state index in [0.29, 0.717) is 12.1 Å². The second-order valence-electron chi connectivity index (χ2n) is 3.09. The van der Waals surface area contributed by atoms with Crippen molar-refractivity contribution < 1.29 is 9.50 Å². The topological polar surface area (TPSA) is 85.2 Å². The standard InChI is InChI=1S/C10H10FN3.CH4O/c11-8-4-7-2-1-6(5-12)3-9(7)14-10(8)13;1-2/h1-4H,5,12H2,(H2,13,14);2H,1H3. The number of nitrogens with zero attached hydrogens (tertiary/aromatic N) is 1. The number of halogens is 1. The van der Waals surface area contributed by atoms with Gasteiger partial charge in [-0.25, -0.2) is 9.37 Å². The number of anilines is 1. The highest BCUT2D eigenvalue weighted by Gasteiger charge is 2.03. The minimum Gasteiger partial charge on any atom is -0.400 e. The Balaban J connectivity index is 0.000000606. The molecule has 4 nitrogen and oxygen atoms in total. The molecule has 0 aliphatic carbocycles. The van der Waals surface area contributed by atoms with Crippen LogP contribution in [0.3, 0.4) is 0 Å². The molecule has 0 amide bonds. The average molecular weight is 223 g/mol. The fraction of sp³-hybridized carbons (Fsp3) is 0.182. The van der Waals surface area contributed by atoms with Gasteiger partial charge in [-0.15, -0.1) is 0 Å². The van der Waals surface area contributed by atoms with Crippen LogP contribution in [0, 0.1) is 5.82 Å². The molecular weight excluding hydrogens is 209 g/mol. The van der Waals surface area contributed by atoms with E-state index >= 15 is 0 Å². The maximum absolute atomic E-state index is 13.0. The summed E-state index contributed by atoms with van der Waals surface area (Å²) in [4.78, 5) is 3.93. The van der Waals surface area contributed by atoms with E-state index in [4.69, 9.17) is 16.6 Å². The summed E-state index contributed by atoms with van der Waals surface area (Å²) in [5.74, 6) is -0.565. The molecule has 0 spiro atoms. The Kier molecular flexibility index (Phi) is 4.16. The van der Waals surface area contributed by atoms with Crippen molar-refractivity contribution in [1.29, 1.82) is 0 Å². The van der Waals surface area contributed by atoms with Crippen LogP contribution < -0.4 is 11.5 Å². The Morgan fingerprint density at radius 2 is 2.00 bits per heavy atom. The summed E-state index contributed by atoms with van der Waals surface area (Å²) in [6.45, 7) is 0.439. The Hall–Kier alpha value is -1.72. The first-order valence-corrected chi connectivity index (χ1v) is 4.70. The lowest BCUT2D eigenvalue weighted by Gasteiger charge is -2.02. The summed E-state index contributed by atoms with van der Waals surface area (Å²) >= 11 is 0. The molecule has 5 N–H and O–H groups in total. The monoisotopic (exact) mass is 223 g/mol. The van der Waals surface area contributed by atoms with Gasteiger partial charge in [0.1, 0.15) is 0 Å². The Bertz CT molecular complexity index is 488. The number of nitrogen functional groups attached to an aromatic ring is 1. The molecule has 0 aliphatic heterocycles. The highest BCUT2D eigenvalue weighted by atomic mass is 19.1. The molecule has 0 fully saturated rings. The summed E-state index contributed by atoms with van der Waals surface area (Å²) in [6.07, 6.45) is 0. The number of aliphatic hydroxyl groups is 1. The number of hydrogen-bond acceptors (Lipinski definition) is 4. The molecule has 0 saturated heterocycles. The van der Waals surface area contributed by atoms with E-state index < -0.39 is 5.82 Å². The number of hydrogen-bond donors (Lipinski definition) is 3. The van der Waals surface area contributed by atoms with Gasteiger partial charge in [0.2, 0.25) is 0 Å². The summed E-state index contributed by atoms with van der Waals surface area (Å²) in [6, 6.07) is 6.82. The lowest BCUT2D eigenvalue weighted by molar-refractivity contribution is 0.399. The van der Waals surface area contributed by atoms with E-state index in [1.165, 1.54) is 6.07 Å². The summed E-state index contributed by atoms with van der Waals surface area (Å²) < 4.78 is 13.0. The molecule has 1 aromatic heterocycles. The fourth-order valence-electron chi connectivity index (χ4n) is 1.33. The van der Waals surface area contributed by atoms with Crippen molar-refractivity contribution in [3.05, 3.63) is 35.6 Å². The average Bonchev–Trinajstić information content (AvgIpc) is 2.33. The molecule has 0 radical (unpaired) electrons. The van der Waals surface area contributed by atoms with E-state index in [9.17, 15) is 4.39 Å². The van der Waals surface area contributed by atoms with Gasteiger partial charge < -0.3 is 16.6 Å². The lowest BCUT2D eigenvalue weighted by atomic mass is 10.1. The highest BCUT2D eigenvalue weighted by molar-refractivity contribution is 5.80. The normalized spacial score (nSPS) is 9.75. The van der Waals surface area contributed by atoms with Crippen molar-refractivity contribution in [1.82, 2.24) is 4.98 Å². The summed E-state index contributed by atoms with van der Waals surface area (Å²) in [7, 11) is 1.00. The van der Waals surface area contributed by atoms with Crippen LogP contribution in [0.1, 0.15) is 5.56 Å². The molecule has 86 valence electrons. The van der Waals surface area contributed by atoms with Gasteiger partial charge >= 0.3 is 0 Å². The molecule has 0 saturated carbocycles. The van der Waals surface area contributed by atoms with Gasteiger partial charge in [0.15, 0.2) is 11.6 Å². The lowest BCUT2D eigenvalue weighted by Crippen LogP contribution is -1.98.